The van der Waals surface area contributed by atoms with Crippen LogP contribution < -0.4 is 5.32 Å². The van der Waals surface area contributed by atoms with Crippen molar-refractivity contribution in [2.45, 2.75) is 0 Å². The molecule has 0 aliphatic heterocycles. The second kappa shape index (κ2) is 6.32. The lowest BCUT2D eigenvalue weighted by atomic mass is 10.1. The Morgan fingerprint density at radius 3 is 2.46 bits per heavy atom. The van der Waals surface area contributed by atoms with Crippen molar-refractivity contribution in [2.24, 2.45) is 0 Å². The van der Waals surface area contributed by atoms with E-state index in [9.17, 15) is 18.4 Å². The molecule has 3 aromatic rings. The fourth-order valence-electron chi connectivity index (χ4n) is 2.06. The van der Waals surface area contributed by atoms with Crippen LogP contribution >= 0.6 is 11.3 Å². The van der Waals surface area contributed by atoms with Crippen LogP contribution in [0.2, 0.25) is 0 Å². The van der Waals surface area contributed by atoms with Gasteiger partial charge in [-0.3, -0.25) is 10.1 Å². The number of benzene rings is 2. The van der Waals surface area contributed by atoms with Gasteiger partial charge in [-0.25, -0.2) is 18.6 Å². The van der Waals surface area contributed by atoms with Gasteiger partial charge in [-0.15, -0.1) is 0 Å². The number of carbonyl (C=O) groups is 2. The number of amides is 1. The molecule has 0 aliphatic carbocycles. The summed E-state index contributed by atoms with van der Waals surface area (Å²) in [6, 6.07) is 7.70. The second-order valence-corrected chi connectivity index (χ2v) is 5.81. The Bertz CT molecular complexity index is 938. The number of hydrogen-bond acceptors (Lipinski definition) is 5. The second-order valence-electron chi connectivity index (χ2n) is 4.78. The van der Waals surface area contributed by atoms with Gasteiger partial charge in [-0.2, -0.15) is 0 Å². The summed E-state index contributed by atoms with van der Waals surface area (Å²) in [4.78, 5) is 27.5. The Morgan fingerprint density at radius 2 is 1.79 bits per heavy atom. The van der Waals surface area contributed by atoms with Gasteiger partial charge in [0, 0.05) is 11.6 Å². The third kappa shape index (κ3) is 3.09. The molecule has 1 N–H and O–H groups in total. The van der Waals surface area contributed by atoms with Crippen molar-refractivity contribution in [1.82, 2.24) is 4.98 Å². The van der Waals surface area contributed by atoms with Gasteiger partial charge in [0.25, 0.3) is 5.91 Å². The first kappa shape index (κ1) is 16.0. The highest BCUT2D eigenvalue weighted by Crippen LogP contribution is 2.29. The SMILES string of the molecule is COC(=O)c1ccc(C(=O)Nc2nc3c(F)cc(F)cc3s2)cc1. The van der Waals surface area contributed by atoms with Crippen molar-refractivity contribution < 1.29 is 23.1 Å². The molecule has 122 valence electrons. The molecule has 0 fully saturated rings. The van der Waals surface area contributed by atoms with Gasteiger partial charge in [0.1, 0.15) is 11.3 Å². The molecule has 1 amide bonds. The third-order valence-electron chi connectivity index (χ3n) is 3.20. The Labute approximate surface area is 138 Å². The Balaban J connectivity index is 1.82. The molecule has 1 heterocycles. The van der Waals surface area contributed by atoms with Crippen LogP contribution in [0.5, 0.6) is 0 Å². The van der Waals surface area contributed by atoms with Crippen molar-refractivity contribution in [2.75, 3.05) is 12.4 Å². The molecule has 0 bridgehead atoms. The summed E-state index contributed by atoms with van der Waals surface area (Å²) in [6.07, 6.45) is 0. The van der Waals surface area contributed by atoms with Crippen molar-refractivity contribution in [3.05, 3.63) is 59.2 Å². The van der Waals surface area contributed by atoms with Crippen LogP contribution in [0.25, 0.3) is 10.2 Å². The number of nitrogens with one attached hydrogen (secondary N) is 1. The lowest BCUT2D eigenvalue weighted by molar-refractivity contribution is 0.0600. The molecule has 8 heteroatoms. The molecule has 0 spiro atoms. The normalized spacial score (nSPS) is 10.6. The first-order valence-corrected chi connectivity index (χ1v) is 7.55. The van der Waals surface area contributed by atoms with E-state index >= 15 is 0 Å². The summed E-state index contributed by atoms with van der Waals surface area (Å²) in [5, 5.41) is 2.67. The highest BCUT2D eigenvalue weighted by molar-refractivity contribution is 7.22. The van der Waals surface area contributed by atoms with E-state index in [0.29, 0.717) is 10.3 Å². The van der Waals surface area contributed by atoms with Crippen molar-refractivity contribution in [1.29, 1.82) is 0 Å². The standard InChI is InChI=1S/C16H10F2N2O3S/c1-23-15(22)9-4-2-8(3-5-9)14(21)20-16-19-13-11(18)6-10(17)7-12(13)24-16/h2-7H,1H3,(H,19,20,21). The van der Waals surface area contributed by atoms with Crippen LogP contribution in [0.4, 0.5) is 13.9 Å². The molecule has 5 nitrogen and oxygen atoms in total. The minimum atomic E-state index is -0.788. The quantitative estimate of drug-likeness (QED) is 0.734. The highest BCUT2D eigenvalue weighted by Gasteiger charge is 2.14. The number of aromatic nitrogens is 1. The third-order valence-corrected chi connectivity index (χ3v) is 4.12. The average molecular weight is 348 g/mol. The Kier molecular flexibility index (Phi) is 4.22. The number of nitrogens with zero attached hydrogens (tertiary/aromatic N) is 1. The molecule has 24 heavy (non-hydrogen) atoms. The maximum absolute atomic E-state index is 13.6. The predicted molar refractivity (Wildman–Crippen MR) is 85.3 cm³/mol. The van der Waals surface area contributed by atoms with Crippen LogP contribution in [-0.4, -0.2) is 24.0 Å². The first-order chi connectivity index (χ1) is 11.5. The van der Waals surface area contributed by atoms with Crippen molar-refractivity contribution in [3.63, 3.8) is 0 Å². The summed E-state index contributed by atoms with van der Waals surface area (Å²) >= 11 is 0.963. The zero-order valence-electron chi connectivity index (χ0n) is 12.3. The lowest BCUT2D eigenvalue weighted by Crippen LogP contribution is -2.12. The molecular formula is C16H10F2N2O3S. The number of esters is 1. The predicted octanol–water partition coefficient (Wildman–Crippen LogP) is 3.61. The van der Waals surface area contributed by atoms with Crippen molar-refractivity contribution in [3.8, 4) is 0 Å². The first-order valence-electron chi connectivity index (χ1n) is 6.73. The number of halogens is 2. The lowest BCUT2D eigenvalue weighted by Gasteiger charge is -2.03. The molecule has 2 aromatic carbocycles. The molecule has 0 saturated carbocycles. The van der Waals surface area contributed by atoms with E-state index in [2.05, 4.69) is 15.0 Å². The van der Waals surface area contributed by atoms with E-state index < -0.39 is 23.5 Å². The summed E-state index contributed by atoms with van der Waals surface area (Å²) in [5.41, 5.74) is 0.595. The number of ether oxygens (including phenoxy) is 1. The molecule has 1 aromatic heterocycles. The molecule has 0 radical (unpaired) electrons. The van der Waals surface area contributed by atoms with Gasteiger partial charge < -0.3 is 4.74 Å². The number of fused-ring (bicyclic) bond motifs is 1. The Hall–Kier alpha value is -2.87. The molecular weight excluding hydrogens is 338 g/mol. The van der Waals surface area contributed by atoms with E-state index in [1.54, 1.807) is 0 Å². The summed E-state index contributed by atoms with van der Waals surface area (Å²) in [7, 11) is 1.26. The van der Waals surface area contributed by atoms with Crippen LogP contribution in [-0.2, 0) is 4.74 Å². The maximum Gasteiger partial charge on any atom is 0.337 e. The van der Waals surface area contributed by atoms with Gasteiger partial charge in [-0.05, 0) is 30.3 Å². The number of thiazole rings is 1. The van der Waals surface area contributed by atoms with Crippen LogP contribution in [0.1, 0.15) is 20.7 Å². The van der Waals surface area contributed by atoms with Gasteiger partial charge >= 0.3 is 5.97 Å². The summed E-state index contributed by atoms with van der Waals surface area (Å²) in [5.74, 6) is -2.49. The van der Waals surface area contributed by atoms with E-state index in [4.69, 9.17) is 0 Å². The Morgan fingerprint density at radius 1 is 1.12 bits per heavy atom. The van der Waals surface area contributed by atoms with Crippen LogP contribution in [0.15, 0.2) is 36.4 Å². The fourth-order valence-corrected chi connectivity index (χ4v) is 2.96. The van der Waals surface area contributed by atoms with Crippen molar-refractivity contribution >= 4 is 38.6 Å². The minimum Gasteiger partial charge on any atom is -0.465 e. The maximum atomic E-state index is 13.6. The molecule has 0 unspecified atom stereocenters. The van der Waals surface area contributed by atoms with Crippen LogP contribution in [0, 0.1) is 11.6 Å². The van der Waals surface area contributed by atoms with E-state index in [1.807, 2.05) is 0 Å². The van der Waals surface area contributed by atoms with Gasteiger partial charge in [0.05, 0.1) is 17.4 Å². The van der Waals surface area contributed by atoms with Gasteiger partial charge in [-0.1, -0.05) is 11.3 Å². The number of methoxy groups -OCH3 is 1. The topological polar surface area (TPSA) is 68.3 Å². The number of anilines is 1. The zero-order valence-corrected chi connectivity index (χ0v) is 13.1. The van der Waals surface area contributed by atoms with Crippen LogP contribution in [0.3, 0.4) is 0 Å². The highest BCUT2D eigenvalue weighted by atomic mass is 32.1. The zero-order chi connectivity index (χ0) is 17.3. The summed E-state index contributed by atoms with van der Waals surface area (Å²) in [6.45, 7) is 0. The summed E-state index contributed by atoms with van der Waals surface area (Å²) < 4.78 is 31.7. The fraction of sp³-hybridized carbons (Fsp3) is 0.0625. The molecule has 0 aliphatic rings. The largest absolute Gasteiger partial charge is 0.465 e. The van der Waals surface area contributed by atoms with Gasteiger partial charge in [0.15, 0.2) is 10.9 Å². The number of hydrogen-bond donors (Lipinski definition) is 1. The number of carbonyl (C=O) groups excluding carboxylic acids is 2. The van der Waals surface area contributed by atoms with E-state index in [1.165, 1.54) is 31.4 Å². The number of rotatable bonds is 3. The molecule has 0 saturated heterocycles. The average Bonchev–Trinajstić information content (AvgIpc) is 2.96. The van der Waals surface area contributed by atoms with E-state index in [0.717, 1.165) is 23.5 Å². The van der Waals surface area contributed by atoms with Gasteiger partial charge in [0.2, 0.25) is 0 Å². The smallest absolute Gasteiger partial charge is 0.337 e. The monoisotopic (exact) mass is 348 g/mol. The minimum absolute atomic E-state index is 0.00209. The molecule has 3 rings (SSSR count). The van der Waals surface area contributed by atoms with E-state index in [-0.39, 0.29) is 16.2 Å². The molecule has 0 atom stereocenters.